The number of hydrogen-bond acceptors (Lipinski definition) is 3. The maximum absolute atomic E-state index is 11.9. The standard InChI is InChI=1S/C10H7Cl2N3O/c11-7-1-2-9(12)8(3-7)10(16)4-15-6-13-5-14-15/h1-3,5-6H,4H2. The Hall–Kier alpha value is -1.39. The molecule has 2 aromatic rings. The highest BCUT2D eigenvalue weighted by Gasteiger charge is 2.11. The highest BCUT2D eigenvalue weighted by Crippen LogP contribution is 2.21. The fourth-order valence-corrected chi connectivity index (χ4v) is 1.65. The first kappa shape index (κ1) is 11.1. The zero-order valence-electron chi connectivity index (χ0n) is 8.10. The number of ketones is 1. The Bertz CT molecular complexity index is 511. The fraction of sp³-hybridized carbons (Fsp3) is 0.100. The molecule has 0 bridgehead atoms. The van der Waals surface area contributed by atoms with E-state index < -0.39 is 0 Å². The lowest BCUT2D eigenvalue weighted by atomic mass is 10.1. The molecular weight excluding hydrogens is 249 g/mol. The monoisotopic (exact) mass is 255 g/mol. The molecule has 0 aliphatic heterocycles. The average Bonchev–Trinajstić information content (AvgIpc) is 2.74. The highest BCUT2D eigenvalue weighted by atomic mass is 35.5. The van der Waals surface area contributed by atoms with E-state index in [1.54, 1.807) is 18.2 Å². The Labute approximate surface area is 102 Å². The second-order valence-corrected chi connectivity index (χ2v) is 3.98. The molecule has 0 atom stereocenters. The van der Waals surface area contributed by atoms with Gasteiger partial charge in [0.05, 0.1) is 5.02 Å². The third-order valence-electron chi connectivity index (χ3n) is 2.00. The van der Waals surface area contributed by atoms with Crippen LogP contribution in [0.1, 0.15) is 10.4 Å². The van der Waals surface area contributed by atoms with Crippen LogP contribution in [0.3, 0.4) is 0 Å². The molecule has 6 heteroatoms. The molecule has 0 amide bonds. The molecule has 82 valence electrons. The zero-order chi connectivity index (χ0) is 11.5. The van der Waals surface area contributed by atoms with Gasteiger partial charge in [-0.2, -0.15) is 5.10 Å². The normalized spacial score (nSPS) is 10.4. The minimum atomic E-state index is -0.155. The van der Waals surface area contributed by atoms with Crippen LogP contribution in [0.2, 0.25) is 10.0 Å². The molecule has 0 unspecified atom stereocenters. The molecule has 0 aliphatic rings. The van der Waals surface area contributed by atoms with E-state index in [1.165, 1.54) is 17.3 Å². The molecule has 2 rings (SSSR count). The van der Waals surface area contributed by atoms with Gasteiger partial charge in [0, 0.05) is 10.6 Å². The van der Waals surface area contributed by atoms with Crippen molar-refractivity contribution >= 4 is 29.0 Å². The lowest BCUT2D eigenvalue weighted by Crippen LogP contribution is -2.11. The molecule has 0 saturated heterocycles. The maximum atomic E-state index is 11.9. The number of halogens is 2. The summed E-state index contributed by atoms with van der Waals surface area (Å²) in [5.41, 5.74) is 0.393. The molecule has 0 spiro atoms. The summed E-state index contributed by atoms with van der Waals surface area (Å²) in [6, 6.07) is 4.78. The Morgan fingerprint density at radius 2 is 2.19 bits per heavy atom. The molecule has 0 radical (unpaired) electrons. The predicted octanol–water partition coefficient (Wildman–Crippen LogP) is 2.47. The first-order valence-electron chi connectivity index (χ1n) is 4.47. The van der Waals surface area contributed by atoms with Gasteiger partial charge in [0.2, 0.25) is 0 Å². The zero-order valence-corrected chi connectivity index (χ0v) is 9.61. The largest absolute Gasteiger partial charge is 0.292 e. The summed E-state index contributed by atoms with van der Waals surface area (Å²) in [5, 5.41) is 4.70. The molecule has 0 saturated carbocycles. The number of rotatable bonds is 3. The maximum Gasteiger partial charge on any atom is 0.185 e. The van der Waals surface area contributed by atoms with Gasteiger partial charge in [0.25, 0.3) is 0 Å². The summed E-state index contributed by atoms with van der Waals surface area (Å²) in [6.45, 7) is 0.0973. The van der Waals surface area contributed by atoms with Crippen LogP contribution in [0.4, 0.5) is 0 Å². The van der Waals surface area contributed by atoms with Gasteiger partial charge in [-0.15, -0.1) is 0 Å². The van der Waals surface area contributed by atoms with E-state index in [1.807, 2.05) is 0 Å². The quantitative estimate of drug-likeness (QED) is 0.792. The van der Waals surface area contributed by atoms with Crippen molar-refractivity contribution in [1.29, 1.82) is 0 Å². The molecule has 1 aromatic carbocycles. The predicted molar refractivity (Wildman–Crippen MR) is 60.8 cm³/mol. The van der Waals surface area contributed by atoms with E-state index in [4.69, 9.17) is 23.2 Å². The first-order valence-corrected chi connectivity index (χ1v) is 5.23. The van der Waals surface area contributed by atoms with E-state index >= 15 is 0 Å². The van der Waals surface area contributed by atoms with Crippen LogP contribution in [0.25, 0.3) is 0 Å². The van der Waals surface area contributed by atoms with Gasteiger partial charge >= 0.3 is 0 Å². The smallest absolute Gasteiger partial charge is 0.185 e. The van der Waals surface area contributed by atoms with Crippen LogP contribution in [-0.2, 0) is 6.54 Å². The molecular formula is C10H7Cl2N3O. The number of carbonyl (C=O) groups excluding carboxylic acids is 1. The molecule has 0 aliphatic carbocycles. The van der Waals surface area contributed by atoms with E-state index in [0.717, 1.165) is 0 Å². The van der Waals surface area contributed by atoms with Gasteiger partial charge in [-0.05, 0) is 18.2 Å². The molecule has 16 heavy (non-hydrogen) atoms. The van der Waals surface area contributed by atoms with E-state index in [9.17, 15) is 4.79 Å². The number of benzene rings is 1. The summed E-state index contributed by atoms with van der Waals surface area (Å²) < 4.78 is 1.43. The number of nitrogens with zero attached hydrogens (tertiary/aromatic N) is 3. The van der Waals surface area contributed by atoms with Crippen molar-refractivity contribution in [3.63, 3.8) is 0 Å². The molecule has 4 nitrogen and oxygen atoms in total. The van der Waals surface area contributed by atoms with E-state index in [2.05, 4.69) is 10.1 Å². The number of Topliss-reactive ketones (excluding diaryl/α,β-unsaturated/α-hetero) is 1. The Kier molecular flexibility index (Phi) is 3.22. The van der Waals surface area contributed by atoms with Crippen molar-refractivity contribution in [3.8, 4) is 0 Å². The van der Waals surface area contributed by atoms with Crippen molar-refractivity contribution in [3.05, 3.63) is 46.5 Å². The van der Waals surface area contributed by atoms with Gasteiger partial charge in [0.15, 0.2) is 5.78 Å². The van der Waals surface area contributed by atoms with Crippen LogP contribution in [0.15, 0.2) is 30.9 Å². The van der Waals surface area contributed by atoms with E-state index in [0.29, 0.717) is 15.6 Å². The van der Waals surface area contributed by atoms with Crippen LogP contribution in [0, 0.1) is 0 Å². The lowest BCUT2D eigenvalue weighted by Gasteiger charge is -2.03. The fourth-order valence-electron chi connectivity index (χ4n) is 1.26. The lowest BCUT2D eigenvalue weighted by molar-refractivity contribution is 0.0967. The summed E-state index contributed by atoms with van der Waals surface area (Å²) >= 11 is 11.7. The molecule has 1 aromatic heterocycles. The van der Waals surface area contributed by atoms with Gasteiger partial charge in [-0.25, -0.2) is 9.67 Å². The molecule has 0 fully saturated rings. The van der Waals surface area contributed by atoms with Crippen molar-refractivity contribution < 1.29 is 4.79 Å². The average molecular weight is 256 g/mol. The SMILES string of the molecule is O=C(Cn1cncn1)c1cc(Cl)ccc1Cl. The van der Waals surface area contributed by atoms with Crippen LogP contribution >= 0.6 is 23.2 Å². The number of hydrogen-bond donors (Lipinski definition) is 0. The third-order valence-corrected chi connectivity index (χ3v) is 2.57. The molecule has 1 heterocycles. The highest BCUT2D eigenvalue weighted by molar-refractivity contribution is 6.35. The second kappa shape index (κ2) is 4.63. The van der Waals surface area contributed by atoms with Crippen molar-refractivity contribution in [2.75, 3.05) is 0 Å². The van der Waals surface area contributed by atoms with E-state index in [-0.39, 0.29) is 12.3 Å². The Morgan fingerprint density at radius 1 is 1.38 bits per heavy atom. The summed E-state index contributed by atoms with van der Waals surface area (Å²) in [5.74, 6) is -0.155. The number of aromatic nitrogens is 3. The first-order chi connectivity index (χ1) is 7.66. The minimum Gasteiger partial charge on any atom is -0.292 e. The topological polar surface area (TPSA) is 47.8 Å². The van der Waals surface area contributed by atoms with Crippen molar-refractivity contribution in [1.82, 2.24) is 14.8 Å². The van der Waals surface area contributed by atoms with Gasteiger partial charge < -0.3 is 0 Å². The van der Waals surface area contributed by atoms with Crippen LogP contribution in [-0.4, -0.2) is 20.5 Å². The second-order valence-electron chi connectivity index (χ2n) is 3.14. The Morgan fingerprint density at radius 3 is 2.88 bits per heavy atom. The van der Waals surface area contributed by atoms with Gasteiger partial charge in [0.1, 0.15) is 19.2 Å². The summed E-state index contributed by atoms with van der Waals surface area (Å²) in [6.07, 6.45) is 2.84. The van der Waals surface area contributed by atoms with Gasteiger partial charge in [-0.1, -0.05) is 23.2 Å². The van der Waals surface area contributed by atoms with Crippen molar-refractivity contribution in [2.24, 2.45) is 0 Å². The summed E-state index contributed by atoms with van der Waals surface area (Å²) in [4.78, 5) is 15.6. The van der Waals surface area contributed by atoms with Crippen molar-refractivity contribution in [2.45, 2.75) is 6.54 Å². The van der Waals surface area contributed by atoms with Crippen LogP contribution < -0.4 is 0 Å². The summed E-state index contributed by atoms with van der Waals surface area (Å²) in [7, 11) is 0. The van der Waals surface area contributed by atoms with Gasteiger partial charge in [-0.3, -0.25) is 4.79 Å². The third kappa shape index (κ3) is 2.40. The minimum absolute atomic E-state index is 0.0973. The molecule has 0 N–H and O–H groups in total. The number of carbonyl (C=O) groups is 1. The Balaban J connectivity index is 2.24. The van der Waals surface area contributed by atoms with Crippen LogP contribution in [0.5, 0.6) is 0 Å².